The van der Waals surface area contributed by atoms with Gasteiger partial charge < -0.3 is 14.0 Å². The van der Waals surface area contributed by atoms with Crippen LogP contribution in [0.15, 0.2) is 0 Å². The number of aromatic nitrogens is 3. The van der Waals surface area contributed by atoms with Gasteiger partial charge in [0.1, 0.15) is 12.4 Å². The molecule has 116 valence electrons. The van der Waals surface area contributed by atoms with Crippen molar-refractivity contribution in [1.29, 1.82) is 0 Å². The molecule has 1 saturated carbocycles. The minimum atomic E-state index is -0.0834. The second-order valence-corrected chi connectivity index (χ2v) is 5.95. The van der Waals surface area contributed by atoms with Crippen LogP contribution in [0.5, 0.6) is 0 Å². The number of hydrogen-bond acceptors (Lipinski definition) is 5. The summed E-state index contributed by atoms with van der Waals surface area (Å²) in [6, 6.07) is 0. The van der Waals surface area contributed by atoms with E-state index in [9.17, 15) is 4.79 Å². The third-order valence-corrected chi connectivity index (χ3v) is 4.59. The van der Waals surface area contributed by atoms with Crippen LogP contribution in [-0.4, -0.2) is 33.9 Å². The summed E-state index contributed by atoms with van der Waals surface area (Å²) >= 11 is 0. The SMILES string of the molecule is COC(=O)C1CCC(OCc2nnc3n2CCCC3)CC1. The molecule has 2 aliphatic rings. The molecule has 6 nitrogen and oxygen atoms in total. The van der Waals surface area contributed by atoms with Crippen LogP contribution in [0.4, 0.5) is 0 Å². The van der Waals surface area contributed by atoms with Crippen molar-refractivity contribution >= 4 is 5.97 Å². The van der Waals surface area contributed by atoms with Gasteiger partial charge >= 0.3 is 5.97 Å². The second kappa shape index (κ2) is 6.56. The van der Waals surface area contributed by atoms with Gasteiger partial charge in [-0.15, -0.1) is 10.2 Å². The van der Waals surface area contributed by atoms with E-state index in [1.165, 1.54) is 20.0 Å². The summed E-state index contributed by atoms with van der Waals surface area (Å²) < 4.78 is 13.0. The van der Waals surface area contributed by atoms with E-state index in [4.69, 9.17) is 9.47 Å². The first kappa shape index (κ1) is 14.5. The molecule has 2 heterocycles. The number of nitrogens with zero attached hydrogens (tertiary/aromatic N) is 3. The third-order valence-electron chi connectivity index (χ3n) is 4.59. The van der Waals surface area contributed by atoms with Gasteiger partial charge in [-0.05, 0) is 38.5 Å². The lowest BCUT2D eigenvalue weighted by Crippen LogP contribution is -2.27. The Balaban J connectivity index is 1.48. The highest BCUT2D eigenvalue weighted by Crippen LogP contribution is 2.27. The standard InChI is InChI=1S/C15H23N3O3/c1-20-15(19)11-5-7-12(8-6-11)21-10-14-17-16-13-4-2-3-9-18(13)14/h11-12H,2-10H2,1H3. The molecule has 1 aromatic heterocycles. The van der Waals surface area contributed by atoms with Gasteiger partial charge in [0.05, 0.1) is 19.1 Å². The normalized spacial score (nSPS) is 25.4. The Kier molecular flexibility index (Phi) is 4.53. The first-order valence-electron chi connectivity index (χ1n) is 7.88. The average Bonchev–Trinajstić information content (AvgIpc) is 2.96. The minimum absolute atomic E-state index is 0.0516. The summed E-state index contributed by atoms with van der Waals surface area (Å²) in [5.74, 6) is 2.00. The highest BCUT2D eigenvalue weighted by atomic mass is 16.5. The number of carbonyl (C=O) groups is 1. The molecule has 0 aromatic carbocycles. The fraction of sp³-hybridized carbons (Fsp3) is 0.800. The molecule has 0 radical (unpaired) electrons. The Morgan fingerprint density at radius 1 is 1.24 bits per heavy atom. The van der Waals surface area contributed by atoms with Crippen LogP contribution in [-0.2, 0) is 33.8 Å². The van der Waals surface area contributed by atoms with Crippen LogP contribution in [0, 0.1) is 5.92 Å². The molecular formula is C15H23N3O3. The van der Waals surface area contributed by atoms with Crippen molar-refractivity contribution in [1.82, 2.24) is 14.8 Å². The Labute approximate surface area is 124 Å². The van der Waals surface area contributed by atoms with E-state index in [0.717, 1.165) is 50.3 Å². The largest absolute Gasteiger partial charge is 0.469 e. The van der Waals surface area contributed by atoms with Crippen molar-refractivity contribution in [2.75, 3.05) is 7.11 Å². The molecule has 0 atom stereocenters. The predicted molar refractivity (Wildman–Crippen MR) is 75.5 cm³/mol. The predicted octanol–water partition coefficient (Wildman–Crippen LogP) is 1.86. The van der Waals surface area contributed by atoms with Crippen molar-refractivity contribution in [3.05, 3.63) is 11.6 Å². The van der Waals surface area contributed by atoms with E-state index in [1.54, 1.807) is 0 Å². The lowest BCUT2D eigenvalue weighted by Gasteiger charge is -2.27. The Morgan fingerprint density at radius 2 is 2.05 bits per heavy atom. The molecule has 3 rings (SSSR count). The molecule has 0 amide bonds. The van der Waals surface area contributed by atoms with Gasteiger partial charge in [0.2, 0.25) is 0 Å². The molecule has 1 aliphatic heterocycles. The smallest absolute Gasteiger partial charge is 0.308 e. The zero-order chi connectivity index (χ0) is 14.7. The van der Waals surface area contributed by atoms with Crippen LogP contribution in [0.3, 0.4) is 0 Å². The summed E-state index contributed by atoms with van der Waals surface area (Å²) in [4.78, 5) is 11.5. The summed E-state index contributed by atoms with van der Waals surface area (Å²) in [5, 5.41) is 8.49. The fourth-order valence-corrected chi connectivity index (χ4v) is 3.30. The topological polar surface area (TPSA) is 66.2 Å². The van der Waals surface area contributed by atoms with Crippen molar-refractivity contribution in [3.63, 3.8) is 0 Å². The number of esters is 1. The maximum atomic E-state index is 11.5. The maximum absolute atomic E-state index is 11.5. The molecule has 0 spiro atoms. The molecule has 6 heteroatoms. The summed E-state index contributed by atoms with van der Waals surface area (Å²) in [6.45, 7) is 1.54. The molecule has 0 bridgehead atoms. The molecular weight excluding hydrogens is 270 g/mol. The monoisotopic (exact) mass is 293 g/mol. The Morgan fingerprint density at radius 3 is 2.81 bits per heavy atom. The number of rotatable bonds is 4. The Hall–Kier alpha value is -1.43. The number of aryl methyl sites for hydroxylation is 1. The van der Waals surface area contributed by atoms with Gasteiger partial charge in [0, 0.05) is 13.0 Å². The zero-order valence-electron chi connectivity index (χ0n) is 12.6. The Bertz CT molecular complexity index is 492. The van der Waals surface area contributed by atoms with E-state index < -0.39 is 0 Å². The van der Waals surface area contributed by atoms with E-state index in [1.807, 2.05) is 0 Å². The molecule has 0 saturated heterocycles. The van der Waals surface area contributed by atoms with E-state index in [-0.39, 0.29) is 18.0 Å². The van der Waals surface area contributed by atoms with Crippen molar-refractivity contribution < 1.29 is 14.3 Å². The van der Waals surface area contributed by atoms with E-state index in [2.05, 4.69) is 14.8 Å². The molecule has 0 unspecified atom stereocenters. The van der Waals surface area contributed by atoms with Gasteiger partial charge in [0.15, 0.2) is 5.82 Å². The number of methoxy groups -OCH3 is 1. The van der Waals surface area contributed by atoms with Crippen LogP contribution >= 0.6 is 0 Å². The average molecular weight is 293 g/mol. The zero-order valence-corrected chi connectivity index (χ0v) is 12.6. The first-order valence-corrected chi connectivity index (χ1v) is 7.88. The number of hydrogen-bond donors (Lipinski definition) is 0. The summed E-state index contributed by atoms with van der Waals surface area (Å²) in [5.41, 5.74) is 0. The molecule has 21 heavy (non-hydrogen) atoms. The lowest BCUT2D eigenvalue weighted by molar-refractivity contribution is -0.147. The van der Waals surface area contributed by atoms with Crippen LogP contribution in [0.1, 0.15) is 50.2 Å². The van der Waals surface area contributed by atoms with E-state index in [0.29, 0.717) is 6.61 Å². The van der Waals surface area contributed by atoms with Crippen molar-refractivity contribution in [2.24, 2.45) is 5.92 Å². The number of carbonyl (C=O) groups excluding carboxylic acids is 1. The van der Waals surface area contributed by atoms with Gasteiger partial charge in [-0.25, -0.2) is 0 Å². The highest BCUT2D eigenvalue weighted by molar-refractivity contribution is 5.72. The number of fused-ring (bicyclic) bond motifs is 1. The highest BCUT2D eigenvalue weighted by Gasteiger charge is 2.27. The molecule has 1 aromatic rings. The summed E-state index contributed by atoms with van der Waals surface area (Å²) in [7, 11) is 1.46. The molecule has 1 aliphatic carbocycles. The lowest BCUT2D eigenvalue weighted by atomic mass is 9.87. The fourth-order valence-electron chi connectivity index (χ4n) is 3.30. The quantitative estimate of drug-likeness (QED) is 0.793. The van der Waals surface area contributed by atoms with Crippen molar-refractivity contribution in [2.45, 2.75) is 64.2 Å². The molecule has 1 fully saturated rings. The van der Waals surface area contributed by atoms with E-state index >= 15 is 0 Å². The van der Waals surface area contributed by atoms with Crippen LogP contribution in [0.25, 0.3) is 0 Å². The molecule has 0 N–H and O–H groups in total. The first-order chi connectivity index (χ1) is 10.3. The van der Waals surface area contributed by atoms with Gasteiger partial charge in [-0.2, -0.15) is 0 Å². The second-order valence-electron chi connectivity index (χ2n) is 5.95. The summed E-state index contributed by atoms with van der Waals surface area (Å²) in [6.07, 6.45) is 7.20. The minimum Gasteiger partial charge on any atom is -0.469 e. The van der Waals surface area contributed by atoms with Gasteiger partial charge in [-0.1, -0.05) is 0 Å². The third kappa shape index (κ3) is 3.26. The van der Waals surface area contributed by atoms with Gasteiger partial charge in [-0.3, -0.25) is 4.79 Å². The van der Waals surface area contributed by atoms with Crippen LogP contribution < -0.4 is 0 Å². The number of ether oxygens (including phenoxy) is 2. The van der Waals surface area contributed by atoms with Crippen LogP contribution in [0.2, 0.25) is 0 Å². The maximum Gasteiger partial charge on any atom is 0.308 e. The van der Waals surface area contributed by atoms with Crippen molar-refractivity contribution in [3.8, 4) is 0 Å². The van der Waals surface area contributed by atoms with Gasteiger partial charge in [0.25, 0.3) is 0 Å².